The van der Waals surface area contributed by atoms with Gasteiger partial charge in [0.2, 0.25) is 5.91 Å². The zero-order valence-electron chi connectivity index (χ0n) is 13.8. The summed E-state index contributed by atoms with van der Waals surface area (Å²) in [5, 5.41) is 6.81. The van der Waals surface area contributed by atoms with Gasteiger partial charge in [0.15, 0.2) is 5.11 Å². The number of hydrogen-bond donors (Lipinski definition) is 2. The molecule has 2 N–H and O–H groups in total. The molecule has 0 bridgehead atoms. The van der Waals surface area contributed by atoms with E-state index in [0.29, 0.717) is 16.1 Å². The van der Waals surface area contributed by atoms with Gasteiger partial charge in [-0.15, -0.1) is 0 Å². The Bertz CT molecular complexity index is 716. The molecule has 3 nitrogen and oxygen atoms in total. The fourth-order valence-corrected chi connectivity index (χ4v) is 2.72. The van der Waals surface area contributed by atoms with Crippen LogP contribution in [0.5, 0.6) is 0 Å². The highest BCUT2D eigenvalue weighted by Gasteiger charge is 2.11. The Kier molecular flexibility index (Phi) is 6.76. The third-order valence-corrected chi connectivity index (χ3v) is 4.34. The maximum atomic E-state index is 12.1. The second kappa shape index (κ2) is 8.81. The van der Waals surface area contributed by atoms with Gasteiger partial charge in [0.1, 0.15) is 0 Å². The minimum Gasteiger partial charge on any atom is -0.332 e. The molecule has 0 aliphatic rings. The molecule has 24 heavy (non-hydrogen) atoms. The number of para-hydroxylation sites is 1. The van der Waals surface area contributed by atoms with Gasteiger partial charge in [0.25, 0.3) is 0 Å². The van der Waals surface area contributed by atoms with Crippen molar-refractivity contribution in [2.24, 2.45) is 0 Å². The van der Waals surface area contributed by atoms with Crippen LogP contribution in [0.25, 0.3) is 0 Å². The van der Waals surface area contributed by atoms with E-state index in [4.69, 9.17) is 23.8 Å². The molecule has 2 rings (SSSR count). The summed E-state index contributed by atoms with van der Waals surface area (Å²) in [4.78, 5) is 12.1. The fourth-order valence-electron chi connectivity index (χ4n) is 2.37. The number of anilines is 1. The molecule has 1 atom stereocenters. The lowest BCUT2D eigenvalue weighted by Crippen LogP contribution is -2.35. The lowest BCUT2D eigenvalue weighted by atomic mass is 9.97. The molecule has 0 aliphatic heterocycles. The molecule has 0 saturated carbocycles. The number of halogens is 1. The first kappa shape index (κ1) is 18.4. The Morgan fingerprint density at radius 2 is 1.83 bits per heavy atom. The van der Waals surface area contributed by atoms with E-state index in [2.05, 4.69) is 30.5 Å². The second-order valence-corrected chi connectivity index (χ2v) is 6.55. The van der Waals surface area contributed by atoms with Crippen LogP contribution in [0.15, 0.2) is 48.5 Å². The summed E-state index contributed by atoms with van der Waals surface area (Å²) in [5.74, 6) is 0.261. The predicted octanol–water partition coefficient (Wildman–Crippen LogP) is 4.91. The van der Waals surface area contributed by atoms with E-state index in [1.165, 1.54) is 5.56 Å². The van der Waals surface area contributed by atoms with Crippen LogP contribution in [0.2, 0.25) is 5.02 Å². The molecule has 5 heteroatoms. The van der Waals surface area contributed by atoms with E-state index in [-0.39, 0.29) is 12.3 Å². The summed E-state index contributed by atoms with van der Waals surface area (Å²) in [6.45, 7) is 4.32. The molecule has 1 amide bonds. The Hall–Kier alpha value is -1.91. The third-order valence-electron chi connectivity index (χ3n) is 3.88. The van der Waals surface area contributed by atoms with Crippen molar-refractivity contribution in [2.75, 3.05) is 5.32 Å². The molecule has 126 valence electrons. The van der Waals surface area contributed by atoms with Crippen LogP contribution in [0.4, 0.5) is 5.69 Å². The van der Waals surface area contributed by atoms with Gasteiger partial charge in [-0.05, 0) is 53.9 Å². The van der Waals surface area contributed by atoms with Crippen LogP contribution < -0.4 is 10.6 Å². The highest BCUT2D eigenvalue weighted by Crippen LogP contribution is 2.26. The Balaban J connectivity index is 1.96. The average molecular weight is 361 g/mol. The van der Waals surface area contributed by atoms with Crippen molar-refractivity contribution in [3.8, 4) is 0 Å². The van der Waals surface area contributed by atoms with Crippen LogP contribution in [-0.4, -0.2) is 11.0 Å². The molecule has 0 unspecified atom stereocenters. The standard InChI is InChI=1S/C19H21ClN2OS/c1-3-13(2)16-6-4-5-7-17(16)21-19(24)22-18(23)12-14-8-10-15(20)11-9-14/h4-11,13H,3,12H2,1-2H3,(H2,21,22,23,24)/t13-/m1/s1. The van der Waals surface area contributed by atoms with Crippen LogP contribution in [0.1, 0.15) is 37.3 Å². The minimum absolute atomic E-state index is 0.157. The van der Waals surface area contributed by atoms with Crippen LogP contribution in [0, 0.1) is 0 Å². The maximum Gasteiger partial charge on any atom is 0.230 e. The normalized spacial score (nSPS) is 11.6. The highest BCUT2D eigenvalue weighted by molar-refractivity contribution is 7.80. The summed E-state index contributed by atoms with van der Waals surface area (Å²) in [6.07, 6.45) is 1.29. The van der Waals surface area contributed by atoms with E-state index < -0.39 is 0 Å². The van der Waals surface area contributed by atoms with Crippen molar-refractivity contribution in [1.82, 2.24) is 5.32 Å². The third kappa shape index (κ3) is 5.32. The maximum absolute atomic E-state index is 12.1. The number of benzene rings is 2. The Morgan fingerprint density at radius 3 is 2.50 bits per heavy atom. The predicted molar refractivity (Wildman–Crippen MR) is 105 cm³/mol. The van der Waals surface area contributed by atoms with Gasteiger partial charge in [-0.2, -0.15) is 0 Å². The van der Waals surface area contributed by atoms with Crippen molar-refractivity contribution in [2.45, 2.75) is 32.6 Å². The molecular weight excluding hydrogens is 340 g/mol. The van der Waals surface area contributed by atoms with Crippen molar-refractivity contribution in [1.29, 1.82) is 0 Å². The minimum atomic E-state index is -0.157. The number of nitrogens with one attached hydrogen (secondary N) is 2. The zero-order valence-corrected chi connectivity index (χ0v) is 15.4. The SMILES string of the molecule is CC[C@@H](C)c1ccccc1NC(=S)NC(=O)Cc1ccc(Cl)cc1. The number of carbonyl (C=O) groups excluding carboxylic acids is 1. The Labute approximate surface area is 153 Å². The number of hydrogen-bond acceptors (Lipinski definition) is 2. The van der Waals surface area contributed by atoms with E-state index in [9.17, 15) is 4.79 Å². The smallest absolute Gasteiger partial charge is 0.230 e. The first-order valence-corrected chi connectivity index (χ1v) is 8.72. The molecule has 0 heterocycles. The van der Waals surface area contributed by atoms with Crippen molar-refractivity contribution in [3.63, 3.8) is 0 Å². The van der Waals surface area contributed by atoms with Gasteiger partial charge in [-0.3, -0.25) is 4.79 Å². The molecule has 0 radical (unpaired) electrons. The summed E-state index contributed by atoms with van der Waals surface area (Å²) in [5.41, 5.74) is 3.01. The van der Waals surface area contributed by atoms with Gasteiger partial charge in [-0.25, -0.2) is 0 Å². The molecular formula is C19H21ClN2OS. The summed E-state index contributed by atoms with van der Waals surface area (Å²) >= 11 is 11.1. The van der Waals surface area contributed by atoms with Crippen molar-refractivity contribution < 1.29 is 4.79 Å². The molecule has 0 aliphatic carbocycles. The fraction of sp³-hybridized carbons (Fsp3) is 0.263. The molecule has 0 spiro atoms. The zero-order chi connectivity index (χ0) is 17.5. The topological polar surface area (TPSA) is 41.1 Å². The molecule has 2 aromatic carbocycles. The molecule has 0 fully saturated rings. The molecule has 0 aromatic heterocycles. The molecule has 0 saturated heterocycles. The van der Waals surface area contributed by atoms with Gasteiger partial charge in [0, 0.05) is 10.7 Å². The van der Waals surface area contributed by atoms with Gasteiger partial charge >= 0.3 is 0 Å². The van der Waals surface area contributed by atoms with Gasteiger partial charge in [-0.1, -0.05) is 55.8 Å². The first-order valence-electron chi connectivity index (χ1n) is 7.93. The van der Waals surface area contributed by atoms with Crippen molar-refractivity contribution >= 4 is 40.5 Å². The Morgan fingerprint density at radius 1 is 1.17 bits per heavy atom. The summed E-state index contributed by atoms with van der Waals surface area (Å²) in [6, 6.07) is 15.2. The monoisotopic (exact) mass is 360 g/mol. The molecule has 2 aromatic rings. The lowest BCUT2D eigenvalue weighted by Gasteiger charge is -2.17. The van der Waals surface area contributed by atoms with Crippen LogP contribution in [0.3, 0.4) is 0 Å². The average Bonchev–Trinajstić information content (AvgIpc) is 2.56. The summed E-state index contributed by atoms with van der Waals surface area (Å²) in [7, 11) is 0. The first-order chi connectivity index (χ1) is 11.5. The van der Waals surface area contributed by atoms with Gasteiger partial charge < -0.3 is 10.6 Å². The quantitative estimate of drug-likeness (QED) is 0.744. The summed E-state index contributed by atoms with van der Waals surface area (Å²) < 4.78 is 0. The largest absolute Gasteiger partial charge is 0.332 e. The lowest BCUT2D eigenvalue weighted by molar-refractivity contribution is -0.119. The number of amides is 1. The van der Waals surface area contributed by atoms with E-state index in [1.807, 2.05) is 30.3 Å². The number of thiocarbonyl (C=S) groups is 1. The van der Waals surface area contributed by atoms with Crippen molar-refractivity contribution in [3.05, 3.63) is 64.7 Å². The number of rotatable bonds is 5. The van der Waals surface area contributed by atoms with Crippen LogP contribution in [-0.2, 0) is 11.2 Å². The second-order valence-electron chi connectivity index (χ2n) is 5.70. The van der Waals surface area contributed by atoms with E-state index in [1.54, 1.807) is 12.1 Å². The van der Waals surface area contributed by atoms with E-state index >= 15 is 0 Å². The van der Waals surface area contributed by atoms with Gasteiger partial charge in [0.05, 0.1) is 6.42 Å². The van der Waals surface area contributed by atoms with E-state index in [0.717, 1.165) is 17.7 Å². The van der Waals surface area contributed by atoms with Crippen LogP contribution >= 0.6 is 23.8 Å². The highest BCUT2D eigenvalue weighted by atomic mass is 35.5. The number of carbonyl (C=O) groups is 1.